The number of hydrogen-bond donors (Lipinski definition) is 0. The second-order valence-corrected chi connectivity index (χ2v) is 4.89. The van der Waals surface area contributed by atoms with Gasteiger partial charge < -0.3 is 0 Å². The van der Waals surface area contributed by atoms with E-state index in [-0.39, 0.29) is 0 Å². The molecule has 1 aromatic heterocycles. The summed E-state index contributed by atoms with van der Waals surface area (Å²) in [5, 5.41) is 0. The molecule has 0 fully saturated rings. The van der Waals surface area contributed by atoms with Crippen LogP contribution in [0.15, 0.2) is 30.3 Å². The van der Waals surface area contributed by atoms with Crippen molar-refractivity contribution >= 4 is 11.3 Å². The van der Waals surface area contributed by atoms with Gasteiger partial charge in [0.2, 0.25) is 0 Å². The SMILES string of the molecule is Cc1c(-c2ccccc2)sc(C(F)(F)F)c1C. The van der Waals surface area contributed by atoms with E-state index in [1.54, 1.807) is 6.92 Å². The van der Waals surface area contributed by atoms with E-state index in [2.05, 4.69) is 0 Å². The Kier molecular flexibility index (Phi) is 3.00. The first-order chi connectivity index (χ1) is 7.91. The maximum absolute atomic E-state index is 12.8. The van der Waals surface area contributed by atoms with Crippen molar-refractivity contribution in [1.29, 1.82) is 0 Å². The monoisotopic (exact) mass is 256 g/mol. The summed E-state index contributed by atoms with van der Waals surface area (Å²) in [4.78, 5) is 0.212. The summed E-state index contributed by atoms with van der Waals surface area (Å²) in [6.45, 7) is 3.27. The first-order valence-electron chi connectivity index (χ1n) is 5.14. The molecular formula is C13H11F3S. The highest BCUT2D eigenvalue weighted by Crippen LogP contribution is 2.43. The van der Waals surface area contributed by atoms with Crippen LogP contribution in [-0.4, -0.2) is 0 Å². The molecule has 0 aliphatic heterocycles. The molecule has 0 bridgehead atoms. The van der Waals surface area contributed by atoms with Crippen molar-refractivity contribution in [3.8, 4) is 10.4 Å². The molecule has 0 atom stereocenters. The van der Waals surface area contributed by atoms with Crippen LogP contribution in [0.3, 0.4) is 0 Å². The van der Waals surface area contributed by atoms with Crippen LogP contribution in [0.4, 0.5) is 13.2 Å². The lowest BCUT2D eigenvalue weighted by Crippen LogP contribution is -2.03. The third-order valence-electron chi connectivity index (χ3n) is 2.74. The summed E-state index contributed by atoms with van der Waals surface area (Å²) < 4.78 is 38.3. The Morgan fingerprint density at radius 3 is 2.00 bits per heavy atom. The smallest absolute Gasteiger partial charge is 0.165 e. The molecule has 0 saturated carbocycles. The zero-order valence-corrected chi connectivity index (χ0v) is 10.2. The molecule has 0 aliphatic carbocycles. The Balaban J connectivity index is 2.59. The maximum atomic E-state index is 12.8. The van der Waals surface area contributed by atoms with E-state index >= 15 is 0 Å². The summed E-state index contributed by atoms with van der Waals surface area (Å²) >= 11 is 0.821. The second kappa shape index (κ2) is 4.18. The molecule has 0 unspecified atom stereocenters. The van der Waals surface area contributed by atoms with Crippen LogP contribution < -0.4 is 0 Å². The molecule has 17 heavy (non-hydrogen) atoms. The van der Waals surface area contributed by atoms with Crippen LogP contribution >= 0.6 is 11.3 Å². The lowest BCUT2D eigenvalue weighted by molar-refractivity contribution is -0.134. The minimum absolute atomic E-state index is 0.335. The van der Waals surface area contributed by atoms with Gasteiger partial charge in [-0.25, -0.2) is 0 Å². The van der Waals surface area contributed by atoms with Crippen LogP contribution in [0, 0.1) is 13.8 Å². The van der Waals surface area contributed by atoms with E-state index in [4.69, 9.17) is 0 Å². The van der Waals surface area contributed by atoms with Gasteiger partial charge in [0.25, 0.3) is 0 Å². The fraction of sp³-hybridized carbons (Fsp3) is 0.231. The first-order valence-corrected chi connectivity index (χ1v) is 5.95. The van der Waals surface area contributed by atoms with Crippen LogP contribution in [0.5, 0.6) is 0 Å². The molecule has 1 aromatic carbocycles. The van der Waals surface area contributed by atoms with Gasteiger partial charge in [-0.2, -0.15) is 13.2 Å². The quantitative estimate of drug-likeness (QED) is 0.669. The van der Waals surface area contributed by atoms with E-state index in [1.807, 2.05) is 30.3 Å². The van der Waals surface area contributed by atoms with E-state index in [0.717, 1.165) is 16.9 Å². The molecule has 0 spiro atoms. The van der Waals surface area contributed by atoms with E-state index in [1.165, 1.54) is 6.92 Å². The fourth-order valence-electron chi connectivity index (χ4n) is 1.73. The van der Waals surface area contributed by atoms with Crippen molar-refractivity contribution in [2.24, 2.45) is 0 Å². The minimum atomic E-state index is -4.26. The highest BCUT2D eigenvalue weighted by atomic mass is 32.1. The highest BCUT2D eigenvalue weighted by molar-refractivity contribution is 7.16. The van der Waals surface area contributed by atoms with Crippen molar-refractivity contribution in [2.75, 3.05) is 0 Å². The molecule has 0 aliphatic rings. The second-order valence-electron chi connectivity index (χ2n) is 3.87. The molecule has 0 N–H and O–H groups in total. The summed E-state index contributed by atoms with van der Waals surface area (Å²) in [7, 11) is 0. The van der Waals surface area contributed by atoms with Crippen molar-refractivity contribution in [3.63, 3.8) is 0 Å². The van der Waals surface area contributed by atoms with E-state index in [9.17, 15) is 13.2 Å². The number of halogens is 3. The van der Waals surface area contributed by atoms with Gasteiger partial charge in [0.1, 0.15) is 4.88 Å². The predicted octanol–water partition coefficient (Wildman–Crippen LogP) is 5.05. The molecule has 2 aromatic rings. The standard InChI is InChI=1S/C13H11F3S/c1-8-9(2)12(13(14,15)16)17-11(8)10-6-4-3-5-7-10/h3-7H,1-2H3. The third-order valence-corrected chi connectivity index (χ3v) is 4.23. The van der Waals surface area contributed by atoms with Gasteiger partial charge in [-0.05, 0) is 30.5 Å². The Morgan fingerprint density at radius 1 is 0.941 bits per heavy atom. The predicted molar refractivity (Wildman–Crippen MR) is 64.2 cm³/mol. The zero-order valence-electron chi connectivity index (χ0n) is 9.43. The summed E-state index contributed by atoms with van der Waals surface area (Å²) in [6.07, 6.45) is -4.26. The average molecular weight is 256 g/mol. The van der Waals surface area contributed by atoms with Gasteiger partial charge in [0.05, 0.1) is 0 Å². The number of hydrogen-bond acceptors (Lipinski definition) is 1. The molecule has 4 heteroatoms. The lowest BCUT2D eigenvalue weighted by Gasteiger charge is -2.03. The minimum Gasteiger partial charge on any atom is -0.165 e. The maximum Gasteiger partial charge on any atom is 0.425 e. The third kappa shape index (κ3) is 2.22. The first kappa shape index (κ1) is 12.2. The largest absolute Gasteiger partial charge is 0.425 e. The summed E-state index contributed by atoms with van der Waals surface area (Å²) in [5.74, 6) is 0. The summed E-state index contributed by atoms with van der Waals surface area (Å²) in [5.41, 5.74) is 1.89. The number of benzene rings is 1. The molecule has 1 heterocycles. The van der Waals surface area contributed by atoms with E-state index < -0.39 is 11.1 Å². The van der Waals surface area contributed by atoms with Crippen molar-refractivity contribution in [1.82, 2.24) is 0 Å². The number of rotatable bonds is 1. The van der Waals surface area contributed by atoms with Crippen LogP contribution in [-0.2, 0) is 6.18 Å². The van der Waals surface area contributed by atoms with Crippen LogP contribution in [0.1, 0.15) is 16.0 Å². The van der Waals surface area contributed by atoms with Gasteiger partial charge in [0.15, 0.2) is 0 Å². The molecule has 2 rings (SSSR count). The Morgan fingerprint density at radius 2 is 1.53 bits per heavy atom. The highest BCUT2D eigenvalue weighted by Gasteiger charge is 2.36. The van der Waals surface area contributed by atoms with Gasteiger partial charge in [-0.1, -0.05) is 30.3 Å². The molecule has 90 valence electrons. The lowest BCUT2D eigenvalue weighted by atomic mass is 10.1. The Hall–Kier alpha value is -1.29. The topological polar surface area (TPSA) is 0 Å². The van der Waals surface area contributed by atoms with Crippen LogP contribution in [0.2, 0.25) is 0 Å². The van der Waals surface area contributed by atoms with Gasteiger partial charge in [0, 0.05) is 4.88 Å². The molecular weight excluding hydrogens is 245 g/mol. The van der Waals surface area contributed by atoms with Gasteiger partial charge in [-0.15, -0.1) is 11.3 Å². The number of alkyl halides is 3. The molecule has 0 nitrogen and oxygen atoms in total. The van der Waals surface area contributed by atoms with Crippen molar-refractivity contribution in [3.05, 3.63) is 46.3 Å². The van der Waals surface area contributed by atoms with Gasteiger partial charge in [-0.3, -0.25) is 0 Å². The molecule has 0 radical (unpaired) electrons. The van der Waals surface area contributed by atoms with Gasteiger partial charge >= 0.3 is 6.18 Å². The number of thiophene rings is 1. The Labute approximate surface area is 102 Å². The molecule has 0 amide bonds. The Bertz CT molecular complexity index is 524. The average Bonchev–Trinajstić information content (AvgIpc) is 2.57. The van der Waals surface area contributed by atoms with Crippen molar-refractivity contribution < 1.29 is 13.2 Å². The summed E-state index contributed by atoms with van der Waals surface area (Å²) in [6, 6.07) is 9.18. The molecule has 0 saturated heterocycles. The van der Waals surface area contributed by atoms with Crippen molar-refractivity contribution in [2.45, 2.75) is 20.0 Å². The fourth-order valence-corrected chi connectivity index (χ4v) is 2.92. The zero-order chi connectivity index (χ0) is 12.6. The van der Waals surface area contributed by atoms with Crippen LogP contribution in [0.25, 0.3) is 10.4 Å². The normalized spacial score (nSPS) is 11.8. The van der Waals surface area contributed by atoms with E-state index in [0.29, 0.717) is 16.0 Å².